The molecule has 4 fully saturated rings. The Morgan fingerprint density at radius 3 is 1.21 bits per heavy atom. The third-order valence-corrected chi connectivity index (χ3v) is 16.1. The van der Waals surface area contributed by atoms with Crippen molar-refractivity contribution in [2.45, 2.75) is 205 Å². The minimum Gasteiger partial charge on any atom is -0.460 e. The zero-order valence-electron chi connectivity index (χ0n) is 50.3. The number of piperidine rings is 2. The zero-order chi connectivity index (χ0) is 63.2. The number of halogens is 10. The molecule has 4 atom stereocenters. The van der Waals surface area contributed by atoms with Crippen molar-refractivity contribution in [2.24, 2.45) is 11.8 Å². The van der Waals surface area contributed by atoms with E-state index in [0.717, 1.165) is 63.5 Å². The number of carbonyl (C=O) groups is 4. The molecule has 0 spiro atoms. The fourth-order valence-corrected chi connectivity index (χ4v) is 11.8. The second-order valence-corrected chi connectivity index (χ2v) is 25.5. The summed E-state index contributed by atoms with van der Waals surface area (Å²) in [5.41, 5.74) is -3.13. The quantitative estimate of drug-likeness (QED) is 0.0727. The number of aromatic nitrogens is 4. The van der Waals surface area contributed by atoms with E-state index in [4.69, 9.17) is 9.47 Å². The minimum atomic E-state index is -4.61. The first-order chi connectivity index (χ1) is 40.1. The number of carbonyl (C=O) groups excluding carboxylic acids is 4. The number of ether oxygens (including phenoxy) is 2. The highest BCUT2D eigenvalue weighted by atomic mass is 19.4. The third kappa shape index (κ3) is 18.5. The first-order valence-corrected chi connectivity index (χ1v) is 29.9. The van der Waals surface area contributed by atoms with Gasteiger partial charge in [-0.15, -0.1) is 0 Å². The molecule has 2 aromatic heterocycles. The van der Waals surface area contributed by atoms with Crippen molar-refractivity contribution in [1.82, 2.24) is 40.0 Å². The number of benzene rings is 2. The summed E-state index contributed by atoms with van der Waals surface area (Å²) in [4.78, 5) is 56.4. The molecule has 476 valence electrons. The summed E-state index contributed by atoms with van der Waals surface area (Å²) in [6.45, 7) is 14.1. The van der Waals surface area contributed by atoms with Gasteiger partial charge in [-0.3, -0.25) is 38.3 Å². The molecule has 2 saturated carbocycles. The highest BCUT2D eigenvalue weighted by molar-refractivity contribution is 5.95. The van der Waals surface area contributed by atoms with Crippen LogP contribution in [-0.4, -0.2) is 128 Å². The summed E-state index contributed by atoms with van der Waals surface area (Å²) in [6.07, 6.45) is -2.02. The molecule has 2 aliphatic heterocycles. The number of esters is 2. The molecule has 2 aliphatic carbocycles. The van der Waals surface area contributed by atoms with Crippen molar-refractivity contribution in [2.75, 3.05) is 39.3 Å². The van der Waals surface area contributed by atoms with E-state index in [0.29, 0.717) is 25.9 Å². The Morgan fingerprint density at radius 2 is 0.895 bits per heavy atom. The monoisotopic (exact) mass is 1220 g/mol. The van der Waals surface area contributed by atoms with Crippen LogP contribution < -0.4 is 10.6 Å². The molecular weight excluding hydrogens is 1140 g/mol. The average molecular weight is 1230 g/mol. The minimum absolute atomic E-state index is 0.0712. The van der Waals surface area contributed by atoms with Crippen molar-refractivity contribution in [3.8, 4) is 22.5 Å². The third-order valence-electron chi connectivity index (χ3n) is 16.1. The van der Waals surface area contributed by atoms with E-state index in [-0.39, 0.29) is 84.8 Å². The zero-order valence-corrected chi connectivity index (χ0v) is 50.3. The van der Waals surface area contributed by atoms with Crippen molar-refractivity contribution in [3.63, 3.8) is 0 Å². The number of hydrogen-bond donors (Lipinski definition) is 2. The molecule has 4 aromatic rings. The van der Waals surface area contributed by atoms with Crippen LogP contribution in [0.4, 0.5) is 43.9 Å². The molecule has 4 heterocycles. The van der Waals surface area contributed by atoms with Gasteiger partial charge in [-0.2, -0.15) is 36.5 Å². The van der Waals surface area contributed by atoms with E-state index in [1.54, 1.807) is 65.2 Å². The molecule has 2 amide bonds. The van der Waals surface area contributed by atoms with Crippen LogP contribution in [0.3, 0.4) is 0 Å². The molecule has 24 heteroatoms. The van der Waals surface area contributed by atoms with Crippen molar-refractivity contribution in [1.29, 1.82) is 0 Å². The van der Waals surface area contributed by atoms with Gasteiger partial charge in [0.15, 0.2) is 11.4 Å². The molecule has 2 aromatic carbocycles. The van der Waals surface area contributed by atoms with Crippen LogP contribution in [0, 0.1) is 11.8 Å². The van der Waals surface area contributed by atoms with E-state index < -0.39 is 107 Å². The maximum atomic E-state index is 14.0. The van der Waals surface area contributed by atoms with Crippen LogP contribution in [-0.2, 0) is 31.4 Å². The number of amides is 2. The number of rotatable bonds is 18. The first kappa shape index (κ1) is 67.5. The average Bonchev–Trinajstić information content (AvgIpc) is 1.89. The Kier molecular flexibility index (Phi) is 21.6. The lowest BCUT2D eigenvalue weighted by Gasteiger charge is -2.34. The van der Waals surface area contributed by atoms with Crippen LogP contribution in [0.15, 0.2) is 60.7 Å². The van der Waals surface area contributed by atoms with Gasteiger partial charge in [-0.25, -0.2) is 17.6 Å². The van der Waals surface area contributed by atoms with Gasteiger partial charge in [0.25, 0.3) is 23.7 Å². The summed E-state index contributed by atoms with van der Waals surface area (Å²) in [5.74, 6) is -9.69. The number of nitrogens with one attached hydrogen (secondary N) is 2. The van der Waals surface area contributed by atoms with Gasteiger partial charge >= 0.3 is 24.3 Å². The summed E-state index contributed by atoms with van der Waals surface area (Å²) in [7, 11) is 0. The van der Waals surface area contributed by atoms with Crippen molar-refractivity contribution in [3.05, 3.63) is 83.2 Å². The number of hydrogen-bond acceptors (Lipinski definition) is 10. The van der Waals surface area contributed by atoms with E-state index >= 15 is 0 Å². The Morgan fingerprint density at radius 1 is 0.558 bits per heavy atom. The Balaban J connectivity index is 0.000000246. The molecule has 2 saturated heterocycles. The molecule has 14 nitrogen and oxygen atoms in total. The fourth-order valence-electron chi connectivity index (χ4n) is 11.8. The predicted octanol–water partition coefficient (Wildman–Crippen LogP) is 13.8. The molecule has 86 heavy (non-hydrogen) atoms. The number of likely N-dealkylation sites (tertiary alicyclic amines) is 2. The van der Waals surface area contributed by atoms with Crippen LogP contribution in [0.5, 0.6) is 0 Å². The lowest BCUT2D eigenvalue weighted by Crippen LogP contribution is -2.48. The Bertz CT molecular complexity index is 2760. The van der Waals surface area contributed by atoms with Gasteiger partial charge < -0.3 is 20.1 Å². The molecule has 0 radical (unpaired) electrons. The van der Waals surface area contributed by atoms with E-state index in [1.807, 2.05) is 0 Å². The first-order valence-electron chi connectivity index (χ1n) is 29.9. The maximum absolute atomic E-state index is 14.0. The maximum Gasteiger partial charge on any atom is 0.417 e. The second-order valence-electron chi connectivity index (χ2n) is 25.5. The summed E-state index contributed by atoms with van der Waals surface area (Å²) in [5, 5.41) is 14.6. The Hall–Kier alpha value is -6.04. The van der Waals surface area contributed by atoms with Crippen LogP contribution in [0.25, 0.3) is 22.5 Å². The van der Waals surface area contributed by atoms with E-state index in [9.17, 15) is 63.1 Å². The Labute approximate surface area is 496 Å². The second kappa shape index (κ2) is 27.6. The number of alkyl halides is 10. The topological polar surface area (TPSA) is 153 Å². The van der Waals surface area contributed by atoms with Gasteiger partial charge in [0.1, 0.15) is 11.2 Å². The standard InChI is InChI=1S/2C31H41F5N4O3/c2*1-20(28(42)43-29(2,3)4)24(14-17-39-16-9-15-30(32,33)19-39)37-27(41)25-18-26(40(38-25)21-10-5-6-11-21)22-12-7-8-13-23(22)31(34,35)36/h2*7-8,12-13,18,20-21,24H,5-6,9-11,14-17,19H2,1-4H3,(H,37,41)/t2*20?,24-/m00/s1. The molecule has 8 rings (SSSR count). The molecule has 2 N–H and O–H groups in total. The summed E-state index contributed by atoms with van der Waals surface area (Å²) >= 11 is 0. The van der Waals surface area contributed by atoms with Gasteiger partial charge in [-0.1, -0.05) is 62.1 Å². The number of nitrogens with zero attached hydrogens (tertiary/aromatic N) is 6. The highest BCUT2D eigenvalue weighted by Crippen LogP contribution is 2.42. The molecule has 0 bridgehead atoms. The van der Waals surface area contributed by atoms with Crippen LogP contribution in [0.2, 0.25) is 0 Å². The predicted molar refractivity (Wildman–Crippen MR) is 303 cm³/mol. The smallest absolute Gasteiger partial charge is 0.417 e. The van der Waals surface area contributed by atoms with Gasteiger partial charge in [0.2, 0.25) is 0 Å². The van der Waals surface area contributed by atoms with Gasteiger partial charge in [0, 0.05) is 49.1 Å². The SMILES string of the molecule is CC(C(=O)OC(C)(C)C)[C@H](CCN1CCCC(F)(F)C1)NC(=O)c1cc(-c2ccccc2C(F)(F)F)n(C2CCCC2)n1.CC(C(=O)OC(C)(C)C)[C@H](CCN1CCCC(F)(F)C1)NC(=O)c1cc(-c2ccccc2C(F)(F)F)n(C2CCCC2)n1. The molecule has 2 unspecified atom stereocenters. The normalized spacial score (nSPS) is 19.7. The van der Waals surface area contributed by atoms with E-state index in [1.165, 1.54) is 57.9 Å². The lowest BCUT2D eigenvalue weighted by atomic mass is 9.97. The lowest BCUT2D eigenvalue weighted by molar-refractivity contribution is -0.161. The van der Waals surface area contributed by atoms with Crippen molar-refractivity contribution < 1.29 is 72.6 Å². The van der Waals surface area contributed by atoms with E-state index in [2.05, 4.69) is 20.8 Å². The summed E-state index contributed by atoms with van der Waals surface area (Å²) < 4.78 is 154. The van der Waals surface area contributed by atoms with Gasteiger partial charge in [-0.05, 0) is 144 Å². The molecular formula is C62H82F10N8O6. The van der Waals surface area contributed by atoms with Crippen LogP contribution >= 0.6 is 0 Å². The highest BCUT2D eigenvalue weighted by Gasteiger charge is 2.41. The largest absolute Gasteiger partial charge is 0.460 e. The molecule has 4 aliphatic rings. The van der Waals surface area contributed by atoms with Crippen LogP contribution in [0.1, 0.15) is 189 Å². The summed E-state index contributed by atoms with van der Waals surface area (Å²) in [6, 6.07) is 11.2. The van der Waals surface area contributed by atoms with Gasteiger partial charge in [0.05, 0.1) is 59.5 Å². The van der Waals surface area contributed by atoms with Crippen molar-refractivity contribution >= 4 is 23.8 Å². The fraction of sp³-hybridized carbons (Fsp3) is 0.645.